The van der Waals surface area contributed by atoms with Crippen LogP contribution in [0.1, 0.15) is 12.0 Å². The highest BCUT2D eigenvalue weighted by atomic mass is 28.4. The van der Waals surface area contributed by atoms with E-state index in [2.05, 4.69) is 0 Å². The number of aryl methyl sites for hydroxylation is 2. The van der Waals surface area contributed by atoms with Crippen molar-refractivity contribution in [3.05, 3.63) is 32.6 Å². The fourth-order valence-electron chi connectivity index (χ4n) is 2.12. The maximum atomic E-state index is 12.1. The highest BCUT2D eigenvalue weighted by molar-refractivity contribution is 6.69. The van der Waals surface area contributed by atoms with Crippen LogP contribution < -0.4 is 11.2 Å². The van der Waals surface area contributed by atoms with Crippen LogP contribution in [0.2, 0.25) is 19.6 Å². The van der Waals surface area contributed by atoms with Crippen LogP contribution in [0.5, 0.6) is 0 Å². The van der Waals surface area contributed by atoms with Gasteiger partial charge in [0.1, 0.15) is 12.1 Å². The van der Waals surface area contributed by atoms with Crippen LogP contribution in [-0.4, -0.2) is 23.1 Å². The van der Waals surface area contributed by atoms with Gasteiger partial charge in [0.05, 0.1) is 0 Å². The van der Waals surface area contributed by atoms with E-state index in [1.165, 1.54) is 17.8 Å². The molecule has 0 saturated heterocycles. The summed E-state index contributed by atoms with van der Waals surface area (Å²) in [5.74, 6) is 0. The van der Waals surface area contributed by atoms with Gasteiger partial charge in [-0.3, -0.25) is 9.36 Å². The predicted molar refractivity (Wildman–Crippen MR) is 83.6 cm³/mol. The molecule has 1 heterocycles. The SMILES string of the molecule is Cn1cc(CCC(C#N)(C#N)O[Si](C)(C)C)c(=O)n(C)c1=O. The average molecular weight is 320 g/mol. The third-order valence-electron chi connectivity index (χ3n) is 3.11. The lowest BCUT2D eigenvalue weighted by molar-refractivity contribution is 0.168. The lowest BCUT2D eigenvalue weighted by Gasteiger charge is -2.27. The number of hydrogen-bond donors (Lipinski definition) is 0. The molecule has 0 aliphatic rings. The Morgan fingerprint density at radius 3 is 2.23 bits per heavy atom. The van der Waals surface area contributed by atoms with Crippen LogP contribution in [0, 0.1) is 22.7 Å². The maximum Gasteiger partial charge on any atom is 0.330 e. The van der Waals surface area contributed by atoms with Crippen molar-refractivity contribution in [2.24, 2.45) is 14.1 Å². The molecule has 0 amide bonds. The molecule has 118 valence electrons. The molecule has 0 aliphatic carbocycles. The molecule has 0 N–H and O–H groups in total. The summed E-state index contributed by atoms with van der Waals surface area (Å²) < 4.78 is 8.02. The first-order valence-corrected chi connectivity index (χ1v) is 10.2. The van der Waals surface area contributed by atoms with E-state index in [0.717, 1.165) is 4.57 Å². The molecular formula is C14H20N4O3Si. The number of hydrogen-bond acceptors (Lipinski definition) is 5. The lowest BCUT2D eigenvalue weighted by atomic mass is 9.99. The van der Waals surface area contributed by atoms with Crippen molar-refractivity contribution in [2.45, 2.75) is 38.1 Å². The van der Waals surface area contributed by atoms with E-state index in [0.29, 0.717) is 5.56 Å². The Morgan fingerprint density at radius 2 is 1.77 bits per heavy atom. The van der Waals surface area contributed by atoms with Crippen molar-refractivity contribution in [1.29, 1.82) is 10.5 Å². The summed E-state index contributed by atoms with van der Waals surface area (Å²) in [6.07, 6.45) is 1.71. The minimum absolute atomic E-state index is 0.0811. The zero-order valence-electron chi connectivity index (χ0n) is 13.5. The minimum atomic E-state index is -2.10. The van der Waals surface area contributed by atoms with E-state index >= 15 is 0 Å². The van der Waals surface area contributed by atoms with Gasteiger partial charge in [-0.15, -0.1) is 0 Å². The summed E-state index contributed by atoms with van der Waals surface area (Å²) >= 11 is 0. The van der Waals surface area contributed by atoms with E-state index in [1.807, 2.05) is 31.8 Å². The van der Waals surface area contributed by atoms with Gasteiger partial charge in [0.25, 0.3) is 5.56 Å². The van der Waals surface area contributed by atoms with Crippen molar-refractivity contribution in [2.75, 3.05) is 0 Å². The number of nitrogens with zero attached hydrogens (tertiary/aromatic N) is 4. The van der Waals surface area contributed by atoms with E-state index < -0.39 is 25.2 Å². The van der Waals surface area contributed by atoms with E-state index in [-0.39, 0.29) is 12.8 Å². The summed E-state index contributed by atoms with van der Waals surface area (Å²) in [6, 6.07) is 3.85. The topological polar surface area (TPSA) is 101 Å². The first-order chi connectivity index (χ1) is 10.0. The Kier molecular flexibility index (Phi) is 5.12. The summed E-state index contributed by atoms with van der Waals surface area (Å²) in [4.78, 5) is 23.7. The van der Waals surface area contributed by atoms with Crippen molar-refractivity contribution >= 4 is 8.32 Å². The van der Waals surface area contributed by atoms with Crippen LogP contribution in [0.15, 0.2) is 15.8 Å². The molecule has 7 nitrogen and oxygen atoms in total. The van der Waals surface area contributed by atoms with Crippen molar-refractivity contribution in [3.8, 4) is 12.1 Å². The van der Waals surface area contributed by atoms with Gasteiger partial charge in [0.15, 0.2) is 8.32 Å². The van der Waals surface area contributed by atoms with Crippen LogP contribution in [0.3, 0.4) is 0 Å². The Labute approximate surface area is 130 Å². The minimum Gasteiger partial charge on any atom is -0.389 e. The van der Waals surface area contributed by atoms with Crippen molar-refractivity contribution in [3.63, 3.8) is 0 Å². The highest BCUT2D eigenvalue weighted by Gasteiger charge is 2.36. The summed E-state index contributed by atoms with van der Waals surface area (Å²) in [5.41, 5.74) is -2.03. The third-order valence-corrected chi connectivity index (χ3v) is 4.07. The molecule has 0 atom stereocenters. The monoisotopic (exact) mass is 320 g/mol. The van der Waals surface area contributed by atoms with Crippen LogP contribution in [0.4, 0.5) is 0 Å². The lowest BCUT2D eigenvalue weighted by Crippen LogP contribution is -2.42. The van der Waals surface area contributed by atoms with Crippen LogP contribution in [0.25, 0.3) is 0 Å². The molecule has 0 bridgehead atoms. The smallest absolute Gasteiger partial charge is 0.330 e. The van der Waals surface area contributed by atoms with Gasteiger partial charge in [-0.2, -0.15) is 10.5 Å². The summed E-state index contributed by atoms with van der Waals surface area (Å²) in [6.45, 7) is 5.67. The molecule has 1 rings (SSSR count). The Bertz CT molecular complexity index is 745. The molecule has 22 heavy (non-hydrogen) atoms. The van der Waals surface area contributed by atoms with Crippen molar-refractivity contribution < 1.29 is 4.43 Å². The van der Waals surface area contributed by atoms with Gasteiger partial charge in [-0.1, -0.05) is 0 Å². The standard InChI is InChI=1S/C14H20N4O3Si/c1-17-8-11(12(19)18(2)13(17)20)6-7-14(9-15,10-16)21-22(3,4)5/h8H,6-7H2,1-5H3. The van der Waals surface area contributed by atoms with Gasteiger partial charge >= 0.3 is 5.69 Å². The molecule has 1 aromatic rings. The van der Waals surface area contributed by atoms with Gasteiger partial charge in [0, 0.05) is 32.3 Å². The quantitative estimate of drug-likeness (QED) is 0.742. The summed E-state index contributed by atoms with van der Waals surface area (Å²) in [7, 11) is 0.844. The largest absolute Gasteiger partial charge is 0.389 e. The second-order valence-corrected chi connectivity index (χ2v) is 10.6. The van der Waals surface area contributed by atoms with Crippen LogP contribution in [-0.2, 0) is 24.9 Å². The molecule has 0 fully saturated rings. The van der Waals surface area contributed by atoms with E-state index in [9.17, 15) is 20.1 Å². The first-order valence-electron chi connectivity index (χ1n) is 6.83. The molecule has 0 radical (unpaired) electrons. The second kappa shape index (κ2) is 6.30. The third kappa shape index (κ3) is 3.94. The van der Waals surface area contributed by atoms with E-state index in [1.54, 1.807) is 7.05 Å². The molecule has 0 saturated carbocycles. The highest BCUT2D eigenvalue weighted by Crippen LogP contribution is 2.22. The molecule has 0 aliphatic heterocycles. The number of aromatic nitrogens is 2. The Morgan fingerprint density at radius 1 is 1.23 bits per heavy atom. The second-order valence-electron chi connectivity index (χ2n) is 6.18. The number of nitriles is 2. The Hall–Kier alpha value is -2.16. The predicted octanol–water partition coefficient (Wildman–Crippen LogP) is 0.654. The van der Waals surface area contributed by atoms with Crippen LogP contribution >= 0.6 is 0 Å². The number of rotatable bonds is 5. The molecule has 0 aromatic carbocycles. The maximum absolute atomic E-state index is 12.1. The fourth-order valence-corrected chi connectivity index (χ4v) is 3.36. The molecule has 0 spiro atoms. The van der Waals surface area contributed by atoms with Crippen molar-refractivity contribution in [1.82, 2.24) is 9.13 Å². The molecule has 8 heteroatoms. The van der Waals surface area contributed by atoms with Gasteiger partial charge < -0.3 is 8.99 Å². The Balaban J connectivity index is 3.12. The first kappa shape index (κ1) is 17.9. The molecule has 1 aromatic heterocycles. The van der Waals surface area contributed by atoms with Gasteiger partial charge in [-0.25, -0.2) is 4.79 Å². The zero-order chi connectivity index (χ0) is 17.1. The fraction of sp³-hybridized carbons (Fsp3) is 0.571. The van der Waals surface area contributed by atoms with Gasteiger partial charge in [0.2, 0.25) is 5.60 Å². The van der Waals surface area contributed by atoms with Gasteiger partial charge in [-0.05, 0) is 26.1 Å². The average Bonchev–Trinajstić information content (AvgIpc) is 2.44. The summed E-state index contributed by atoms with van der Waals surface area (Å²) in [5, 5.41) is 18.7. The molecular weight excluding hydrogens is 300 g/mol. The normalized spacial score (nSPS) is 11.8. The zero-order valence-corrected chi connectivity index (χ0v) is 14.5. The van der Waals surface area contributed by atoms with E-state index in [4.69, 9.17) is 4.43 Å². The molecule has 0 unspecified atom stereocenters.